The number of aryl methyl sites for hydroxylation is 3. The third-order valence-electron chi connectivity index (χ3n) is 6.23. The normalized spacial score (nSPS) is 16.6. The molecule has 1 aromatic carbocycles. The van der Waals surface area contributed by atoms with Gasteiger partial charge in [0.1, 0.15) is 4.83 Å². The predicted molar refractivity (Wildman–Crippen MR) is 134 cm³/mol. The molecule has 3 heterocycles. The molecule has 170 valence electrons. The monoisotopic (exact) mass is 469 g/mol. The van der Waals surface area contributed by atoms with Gasteiger partial charge in [-0.2, -0.15) is 0 Å². The Bertz CT molecular complexity index is 1180. The lowest BCUT2D eigenvalue weighted by atomic mass is 10.0. The van der Waals surface area contributed by atoms with Gasteiger partial charge in [0.15, 0.2) is 5.16 Å². The number of carbonyl (C=O) groups is 1. The molecule has 32 heavy (non-hydrogen) atoms. The molecule has 5 nitrogen and oxygen atoms in total. The maximum atomic E-state index is 13.6. The third kappa shape index (κ3) is 4.79. The number of hydrogen-bond donors (Lipinski definition) is 0. The summed E-state index contributed by atoms with van der Waals surface area (Å²) in [6.45, 7) is 10.5. The van der Waals surface area contributed by atoms with E-state index in [1.165, 1.54) is 28.6 Å². The lowest BCUT2D eigenvalue weighted by Gasteiger charge is -2.30. The number of likely N-dealkylation sites (tertiary alicyclic amines) is 1. The van der Waals surface area contributed by atoms with Crippen LogP contribution in [0.15, 0.2) is 34.2 Å². The molecule has 1 aliphatic rings. The molecule has 0 radical (unpaired) electrons. The lowest BCUT2D eigenvalue weighted by molar-refractivity contribution is -0.130. The van der Waals surface area contributed by atoms with Crippen LogP contribution < -0.4 is 5.56 Å². The van der Waals surface area contributed by atoms with Crippen molar-refractivity contribution in [2.75, 3.05) is 18.8 Å². The molecule has 1 amide bonds. The average molecular weight is 470 g/mol. The highest BCUT2D eigenvalue weighted by Gasteiger charge is 2.23. The van der Waals surface area contributed by atoms with E-state index < -0.39 is 0 Å². The standard InChI is InChI=1S/C25H31N3O2S2/c1-5-20-18(4)22-23(32-20)26-25(31-15-21(29)27-12-6-7-17(3)13-27)28(24(22)30)14-19-10-8-16(2)9-11-19/h8-11,17H,5-7,12-15H2,1-4H3/t17-/m0/s1. The summed E-state index contributed by atoms with van der Waals surface area (Å²) in [6, 6.07) is 8.23. The molecule has 2 aromatic heterocycles. The van der Waals surface area contributed by atoms with E-state index in [0.29, 0.717) is 23.4 Å². The fourth-order valence-electron chi connectivity index (χ4n) is 4.34. The number of fused-ring (bicyclic) bond motifs is 1. The number of thiophene rings is 1. The van der Waals surface area contributed by atoms with Crippen LogP contribution in [0.3, 0.4) is 0 Å². The molecule has 0 bridgehead atoms. The molecule has 0 spiro atoms. The van der Waals surface area contributed by atoms with Crippen LogP contribution in [0.5, 0.6) is 0 Å². The zero-order valence-corrected chi connectivity index (χ0v) is 20.9. The van der Waals surface area contributed by atoms with Gasteiger partial charge in [0.25, 0.3) is 5.56 Å². The van der Waals surface area contributed by atoms with Crippen LogP contribution in [0, 0.1) is 19.8 Å². The van der Waals surface area contributed by atoms with Gasteiger partial charge in [-0.1, -0.05) is 55.4 Å². The van der Waals surface area contributed by atoms with Gasteiger partial charge in [0.2, 0.25) is 5.91 Å². The summed E-state index contributed by atoms with van der Waals surface area (Å²) in [7, 11) is 0. The van der Waals surface area contributed by atoms with E-state index in [1.807, 2.05) is 11.8 Å². The molecular formula is C25H31N3O2S2. The molecule has 1 aliphatic heterocycles. The number of rotatable bonds is 6. The zero-order chi connectivity index (χ0) is 22.8. The van der Waals surface area contributed by atoms with Crippen molar-refractivity contribution < 1.29 is 4.79 Å². The van der Waals surface area contributed by atoms with Gasteiger partial charge in [-0.05, 0) is 50.2 Å². The van der Waals surface area contributed by atoms with Crippen LogP contribution in [0.4, 0.5) is 0 Å². The number of carbonyl (C=O) groups excluding carboxylic acids is 1. The zero-order valence-electron chi connectivity index (χ0n) is 19.3. The van der Waals surface area contributed by atoms with Gasteiger partial charge in [-0.3, -0.25) is 14.2 Å². The Labute approximate surface area is 197 Å². The summed E-state index contributed by atoms with van der Waals surface area (Å²) in [5, 5.41) is 1.35. The Morgan fingerprint density at radius 2 is 2.00 bits per heavy atom. The minimum atomic E-state index is -0.00873. The summed E-state index contributed by atoms with van der Waals surface area (Å²) in [4.78, 5) is 35.3. The van der Waals surface area contributed by atoms with Crippen LogP contribution in [-0.2, 0) is 17.8 Å². The van der Waals surface area contributed by atoms with E-state index in [9.17, 15) is 9.59 Å². The molecular weight excluding hydrogens is 438 g/mol. The predicted octanol–water partition coefficient (Wildman–Crippen LogP) is 5.04. The summed E-state index contributed by atoms with van der Waals surface area (Å²) in [5.41, 5.74) is 3.27. The fraction of sp³-hybridized carbons (Fsp3) is 0.480. The smallest absolute Gasteiger partial charge is 0.263 e. The van der Waals surface area contributed by atoms with Crippen LogP contribution in [0.2, 0.25) is 0 Å². The van der Waals surface area contributed by atoms with Crippen molar-refractivity contribution in [2.45, 2.75) is 58.7 Å². The van der Waals surface area contributed by atoms with Gasteiger partial charge < -0.3 is 4.90 Å². The van der Waals surface area contributed by atoms with Gasteiger partial charge in [0, 0.05) is 18.0 Å². The second kappa shape index (κ2) is 9.79. The summed E-state index contributed by atoms with van der Waals surface area (Å²) < 4.78 is 1.75. The van der Waals surface area contributed by atoms with Crippen LogP contribution >= 0.6 is 23.1 Å². The third-order valence-corrected chi connectivity index (χ3v) is 8.52. The van der Waals surface area contributed by atoms with Crippen molar-refractivity contribution in [3.8, 4) is 0 Å². The SMILES string of the molecule is CCc1sc2nc(SCC(=O)N3CCC[C@H](C)C3)n(Cc3ccc(C)cc3)c(=O)c2c1C. The van der Waals surface area contributed by atoms with Gasteiger partial charge in [-0.15, -0.1) is 11.3 Å². The first-order valence-corrected chi connectivity index (χ1v) is 13.2. The minimum Gasteiger partial charge on any atom is -0.342 e. The first kappa shape index (κ1) is 23.1. The Hall–Kier alpha value is -2.12. The Kier molecular flexibility index (Phi) is 7.05. The number of nitrogens with zero attached hydrogens (tertiary/aromatic N) is 3. The van der Waals surface area contributed by atoms with Crippen molar-refractivity contribution in [1.29, 1.82) is 0 Å². The number of aromatic nitrogens is 2. The Morgan fingerprint density at radius 3 is 2.69 bits per heavy atom. The topological polar surface area (TPSA) is 55.2 Å². The van der Waals surface area contributed by atoms with Crippen molar-refractivity contribution >= 4 is 39.2 Å². The molecule has 1 fully saturated rings. The molecule has 0 unspecified atom stereocenters. The molecule has 3 aromatic rings. The Balaban J connectivity index is 1.68. The van der Waals surface area contributed by atoms with E-state index in [-0.39, 0.29) is 11.5 Å². The summed E-state index contributed by atoms with van der Waals surface area (Å²) in [5.74, 6) is 0.992. The second-order valence-electron chi connectivity index (χ2n) is 8.83. The maximum absolute atomic E-state index is 13.6. The Morgan fingerprint density at radius 1 is 1.25 bits per heavy atom. The van der Waals surface area contributed by atoms with E-state index in [0.717, 1.165) is 47.3 Å². The quantitative estimate of drug-likeness (QED) is 0.375. The molecule has 0 aliphatic carbocycles. The number of amides is 1. The maximum Gasteiger partial charge on any atom is 0.263 e. The first-order chi connectivity index (χ1) is 15.4. The summed E-state index contributed by atoms with van der Waals surface area (Å²) >= 11 is 2.99. The molecule has 7 heteroatoms. The molecule has 0 N–H and O–H groups in total. The van der Waals surface area contributed by atoms with Crippen molar-refractivity contribution in [2.24, 2.45) is 5.92 Å². The lowest BCUT2D eigenvalue weighted by Crippen LogP contribution is -2.40. The van der Waals surface area contributed by atoms with Crippen LogP contribution in [0.25, 0.3) is 10.2 Å². The van der Waals surface area contributed by atoms with Gasteiger partial charge in [-0.25, -0.2) is 4.98 Å². The fourth-order valence-corrected chi connectivity index (χ4v) is 6.40. The van der Waals surface area contributed by atoms with E-state index in [4.69, 9.17) is 4.98 Å². The van der Waals surface area contributed by atoms with E-state index >= 15 is 0 Å². The van der Waals surface area contributed by atoms with Crippen molar-refractivity contribution in [3.05, 3.63) is 56.2 Å². The van der Waals surface area contributed by atoms with Crippen LogP contribution in [-0.4, -0.2) is 39.2 Å². The molecule has 4 rings (SSSR count). The van der Waals surface area contributed by atoms with E-state index in [1.54, 1.807) is 15.9 Å². The van der Waals surface area contributed by atoms with Crippen molar-refractivity contribution in [3.63, 3.8) is 0 Å². The second-order valence-corrected chi connectivity index (χ2v) is 10.9. The number of thioether (sulfide) groups is 1. The molecule has 0 saturated carbocycles. The number of hydrogen-bond acceptors (Lipinski definition) is 5. The largest absolute Gasteiger partial charge is 0.342 e. The highest BCUT2D eigenvalue weighted by molar-refractivity contribution is 7.99. The first-order valence-electron chi connectivity index (χ1n) is 11.4. The van der Waals surface area contributed by atoms with Crippen LogP contribution in [0.1, 0.15) is 48.3 Å². The van der Waals surface area contributed by atoms with E-state index in [2.05, 4.69) is 45.0 Å². The van der Waals surface area contributed by atoms with Gasteiger partial charge in [0.05, 0.1) is 17.7 Å². The van der Waals surface area contributed by atoms with Gasteiger partial charge >= 0.3 is 0 Å². The highest BCUT2D eigenvalue weighted by Crippen LogP contribution is 2.30. The van der Waals surface area contributed by atoms with Crippen molar-refractivity contribution in [1.82, 2.24) is 14.5 Å². The molecule has 1 atom stereocenters. The average Bonchev–Trinajstić information content (AvgIpc) is 3.11. The number of piperidine rings is 1. The highest BCUT2D eigenvalue weighted by atomic mass is 32.2. The minimum absolute atomic E-state index is 0.00873. The molecule has 1 saturated heterocycles. The number of benzene rings is 1. The summed E-state index contributed by atoms with van der Waals surface area (Å²) in [6.07, 6.45) is 3.13.